The van der Waals surface area contributed by atoms with Gasteiger partial charge in [-0.25, -0.2) is 8.42 Å². The molecule has 4 rings (SSSR count). The summed E-state index contributed by atoms with van der Waals surface area (Å²) in [5.41, 5.74) is 0.664. The Kier molecular flexibility index (Phi) is 6.20. The number of carbonyl (C=O) groups is 2. The smallest absolute Gasteiger partial charge is 0.254 e. The number of sulfonamides is 1. The highest BCUT2D eigenvalue weighted by Crippen LogP contribution is 2.28. The second kappa shape index (κ2) is 8.90. The topological polar surface area (TPSA) is 111 Å². The van der Waals surface area contributed by atoms with Crippen LogP contribution in [0.3, 0.4) is 0 Å². The molecule has 32 heavy (non-hydrogen) atoms. The molecule has 0 saturated carbocycles. The number of nitrogens with one attached hydrogen (secondary N) is 1. The molecule has 0 radical (unpaired) electrons. The first-order valence-corrected chi connectivity index (χ1v) is 12.0. The van der Waals surface area contributed by atoms with Gasteiger partial charge in [0.1, 0.15) is 6.04 Å². The third kappa shape index (κ3) is 4.21. The summed E-state index contributed by atoms with van der Waals surface area (Å²) in [6.45, 7) is 0.688. The fourth-order valence-electron chi connectivity index (χ4n) is 3.88. The van der Waals surface area contributed by atoms with E-state index in [9.17, 15) is 18.0 Å². The van der Waals surface area contributed by atoms with Crippen LogP contribution < -0.4 is 5.32 Å². The molecule has 2 aromatic rings. The minimum absolute atomic E-state index is 0.00370. The van der Waals surface area contributed by atoms with Gasteiger partial charge < -0.3 is 10.2 Å². The molecule has 2 fully saturated rings. The van der Waals surface area contributed by atoms with Crippen LogP contribution in [0.25, 0.3) is 0 Å². The van der Waals surface area contributed by atoms with Gasteiger partial charge in [0, 0.05) is 25.2 Å². The quantitative estimate of drug-likeness (QED) is 0.719. The monoisotopic (exact) mass is 472 g/mol. The zero-order valence-corrected chi connectivity index (χ0v) is 18.6. The Balaban J connectivity index is 1.51. The lowest BCUT2D eigenvalue weighted by Gasteiger charge is -2.34. The number of likely N-dealkylation sites (tertiary alicyclic amines) is 1. The molecule has 0 unspecified atom stereocenters. The first kappa shape index (κ1) is 22.3. The number of nitrogens with zero attached hydrogens (tertiary/aromatic N) is 3. The van der Waals surface area contributed by atoms with Crippen molar-refractivity contribution in [1.29, 1.82) is 5.26 Å². The van der Waals surface area contributed by atoms with E-state index in [4.69, 9.17) is 16.9 Å². The van der Waals surface area contributed by atoms with E-state index in [1.54, 1.807) is 24.3 Å². The van der Waals surface area contributed by atoms with E-state index in [0.717, 1.165) is 0 Å². The van der Waals surface area contributed by atoms with Crippen molar-refractivity contribution in [2.75, 3.05) is 25.0 Å². The average molecular weight is 473 g/mol. The van der Waals surface area contributed by atoms with Gasteiger partial charge in [0.25, 0.3) is 5.91 Å². The SMILES string of the molecule is N#CC1CN(S(=O)(=O)c2cccc(C(=O)N3CCC[C@@H]3C(=O)Nc3ccccc3Cl)c2)C1. The minimum Gasteiger partial charge on any atom is -0.327 e. The van der Waals surface area contributed by atoms with Crippen molar-refractivity contribution < 1.29 is 18.0 Å². The summed E-state index contributed by atoms with van der Waals surface area (Å²) < 4.78 is 26.8. The maximum atomic E-state index is 13.2. The van der Waals surface area contributed by atoms with Crippen LogP contribution in [0.2, 0.25) is 5.02 Å². The van der Waals surface area contributed by atoms with Gasteiger partial charge in [-0.1, -0.05) is 29.8 Å². The summed E-state index contributed by atoms with van der Waals surface area (Å²) in [7, 11) is -3.78. The molecule has 0 bridgehead atoms. The van der Waals surface area contributed by atoms with Gasteiger partial charge in [0.15, 0.2) is 0 Å². The molecule has 166 valence electrons. The Labute approximate surface area is 191 Å². The van der Waals surface area contributed by atoms with Crippen LogP contribution in [0.4, 0.5) is 5.69 Å². The molecule has 2 aromatic carbocycles. The van der Waals surface area contributed by atoms with Crippen molar-refractivity contribution in [1.82, 2.24) is 9.21 Å². The largest absolute Gasteiger partial charge is 0.327 e. The predicted molar refractivity (Wildman–Crippen MR) is 118 cm³/mol. The number of hydrogen-bond acceptors (Lipinski definition) is 5. The summed E-state index contributed by atoms with van der Waals surface area (Å²) in [5.74, 6) is -1.05. The minimum atomic E-state index is -3.78. The molecular formula is C22H21ClN4O4S. The summed E-state index contributed by atoms with van der Waals surface area (Å²) in [5, 5.41) is 12.1. The van der Waals surface area contributed by atoms with Gasteiger partial charge in [-0.3, -0.25) is 9.59 Å². The Hall–Kier alpha value is -2.93. The van der Waals surface area contributed by atoms with Gasteiger partial charge in [-0.15, -0.1) is 0 Å². The molecule has 10 heteroatoms. The number of hydrogen-bond donors (Lipinski definition) is 1. The Morgan fingerprint density at radius 1 is 1.12 bits per heavy atom. The number of nitriles is 1. The predicted octanol–water partition coefficient (Wildman–Crippen LogP) is 2.73. The van der Waals surface area contributed by atoms with Crippen LogP contribution in [0.15, 0.2) is 53.4 Å². The van der Waals surface area contributed by atoms with E-state index < -0.39 is 22.0 Å². The van der Waals surface area contributed by atoms with Crippen molar-refractivity contribution >= 4 is 39.1 Å². The van der Waals surface area contributed by atoms with E-state index in [2.05, 4.69) is 5.32 Å². The third-order valence-electron chi connectivity index (χ3n) is 5.70. The normalized spacial score (nSPS) is 19.2. The van der Waals surface area contributed by atoms with Crippen molar-refractivity contribution in [3.05, 3.63) is 59.1 Å². The standard InChI is InChI=1S/C22H21ClN4O4S/c23-18-7-1-2-8-19(18)25-21(28)20-9-4-10-27(20)22(29)16-5-3-6-17(11-16)32(30,31)26-13-15(12-24)14-26/h1-3,5-8,11,15,20H,4,9-10,13-14H2,(H,25,28)/t20-/m1/s1. The fourth-order valence-corrected chi connectivity index (χ4v) is 5.64. The summed E-state index contributed by atoms with van der Waals surface area (Å²) in [6, 6.07) is 14.0. The first-order valence-electron chi connectivity index (χ1n) is 10.2. The molecule has 2 heterocycles. The van der Waals surface area contributed by atoms with Gasteiger partial charge in [0.2, 0.25) is 15.9 Å². The van der Waals surface area contributed by atoms with Crippen molar-refractivity contribution in [3.63, 3.8) is 0 Å². The molecule has 1 atom stereocenters. The molecular weight excluding hydrogens is 452 g/mol. The maximum Gasteiger partial charge on any atom is 0.254 e. The molecule has 1 N–H and O–H groups in total. The number of carbonyl (C=O) groups excluding carboxylic acids is 2. The molecule has 8 nitrogen and oxygen atoms in total. The van der Waals surface area contributed by atoms with Crippen LogP contribution in [0.5, 0.6) is 0 Å². The second-order valence-corrected chi connectivity index (χ2v) is 10.1. The van der Waals surface area contributed by atoms with E-state index in [1.807, 2.05) is 6.07 Å². The first-order chi connectivity index (χ1) is 15.3. The number of benzene rings is 2. The lowest BCUT2D eigenvalue weighted by atomic mass is 10.1. The highest BCUT2D eigenvalue weighted by molar-refractivity contribution is 7.89. The Bertz CT molecular complexity index is 1200. The van der Waals surface area contributed by atoms with Crippen molar-refractivity contribution in [3.8, 4) is 6.07 Å². The molecule has 0 spiro atoms. The zero-order chi connectivity index (χ0) is 22.9. The average Bonchev–Trinajstić information content (AvgIpc) is 3.24. The van der Waals surface area contributed by atoms with Crippen molar-refractivity contribution in [2.24, 2.45) is 5.92 Å². The fraction of sp³-hybridized carbons (Fsp3) is 0.318. The molecule has 2 amide bonds. The molecule has 0 aromatic heterocycles. The number of halogens is 1. The van der Waals surface area contributed by atoms with Gasteiger partial charge >= 0.3 is 0 Å². The van der Waals surface area contributed by atoms with E-state index in [1.165, 1.54) is 33.5 Å². The van der Waals surface area contributed by atoms with E-state index >= 15 is 0 Å². The van der Waals surface area contributed by atoms with Crippen LogP contribution in [-0.2, 0) is 14.8 Å². The Morgan fingerprint density at radius 3 is 2.59 bits per heavy atom. The highest BCUT2D eigenvalue weighted by atomic mass is 35.5. The summed E-state index contributed by atoms with van der Waals surface area (Å²) >= 11 is 6.12. The summed E-state index contributed by atoms with van der Waals surface area (Å²) in [6.07, 6.45) is 1.16. The number of para-hydroxylation sites is 1. The number of anilines is 1. The summed E-state index contributed by atoms with van der Waals surface area (Å²) in [4.78, 5) is 27.5. The lowest BCUT2D eigenvalue weighted by Crippen LogP contribution is -2.49. The molecule has 2 saturated heterocycles. The van der Waals surface area contributed by atoms with Crippen LogP contribution in [0.1, 0.15) is 23.2 Å². The van der Waals surface area contributed by atoms with Gasteiger partial charge in [0.05, 0.1) is 27.6 Å². The third-order valence-corrected chi connectivity index (χ3v) is 7.85. The molecule has 0 aliphatic carbocycles. The zero-order valence-electron chi connectivity index (χ0n) is 17.1. The van der Waals surface area contributed by atoms with Crippen LogP contribution >= 0.6 is 11.6 Å². The van der Waals surface area contributed by atoms with Gasteiger partial charge in [-0.05, 0) is 43.2 Å². The van der Waals surface area contributed by atoms with E-state index in [0.29, 0.717) is 30.1 Å². The van der Waals surface area contributed by atoms with Gasteiger partial charge in [-0.2, -0.15) is 9.57 Å². The number of amides is 2. The highest BCUT2D eigenvalue weighted by Gasteiger charge is 2.38. The Morgan fingerprint density at radius 2 is 1.88 bits per heavy atom. The maximum absolute atomic E-state index is 13.2. The second-order valence-electron chi connectivity index (χ2n) is 7.80. The van der Waals surface area contributed by atoms with Crippen LogP contribution in [-0.4, -0.2) is 55.1 Å². The number of rotatable bonds is 5. The molecule has 2 aliphatic rings. The van der Waals surface area contributed by atoms with Crippen molar-refractivity contribution in [2.45, 2.75) is 23.8 Å². The molecule has 2 aliphatic heterocycles. The van der Waals surface area contributed by atoms with E-state index in [-0.39, 0.29) is 35.4 Å². The lowest BCUT2D eigenvalue weighted by molar-refractivity contribution is -0.119. The van der Waals surface area contributed by atoms with Crippen LogP contribution in [0, 0.1) is 17.2 Å².